The highest BCUT2D eigenvalue weighted by Gasteiger charge is 2.17. The van der Waals surface area contributed by atoms with Gasteiger partial charge in [0.15, 0.2) is 0 Å². The van der Waals surface area contributed by atoms with Crippen LogP contribution in [0.15, 0.2) is 47.4 Å². The number of amides is 2. The number of thioether (sulfide) groups is 1. The van der Waals surface area contributed by atoms with Crippen molar-refractivity contribution in [1.29, 1.82) is 0 Å². The molecule has 0 heterocycles. The molecular weight excluding hydrogens is 356 g/mol. The zero-order valence-corrected chi connectivity index (χ0v) is 17.4. The van der Waals surface area contributed by atoms with Crippen LogP contribution in [0.1, 0.15) is 30.0 Å². The van der Waals surface area contributed by atoms with Gasteiger partial charge in [0, 0.05) is 17.1 Å². The smallest absolute Gasteiger partial charge is 0.244 e. The van der Waals surface area contributed by atoms with Gasteiger partial charge in [-0.2, -0.15) is 0 Å². The largest absolute Gasteiger partial charge is 0.333 e. The summed E-state index contributed by atoms with van der Waals surface area (Å²) in [5.74, 6) is 0.155. The van der Waals surface area contributed by atoms with Gasteiger partial charge in [-0.25, -0.2) is 0 Å². The van der Waals surface area contributed by atoms with Gasteiger partial charge in [-0.3, -0.25) is 9.59 Å². The molecule has 0 saturated heterocycles. The molecule has 0 fully saturated rings. The number of rotatable bonds is 8. The van der Waals surface area contributed by atoms with Crippen LogP contribution in [-0.4, -0.2) is 35.6 Å². The van der Waals surface area contributed by atoms with Crippen molar-refractivity contribution in [3.8, 4) is 0 Å². The Morgan fingerprint density at radius 1 is 1.00 bits per heavy atom. The second-order valence-corrected chi connectivity index (χ2v) is 7.76. The van der Waals surface area contributed by atoms with E-state index in [4.69, 9.17) is 0 Å². The van der Waals surface area contributed by atoms with Crippen molar-refractivity contribution >= 4 is 29.3 Å². The Morgan fingerprint density at radius 3 is 2.41 bits per heavy atom. The summed E-state index contributed by atoms with van der Waals surface area (Å²) in [5, 5.41) is 2.90. The van der Waals surface area contributed by atoms with Gasteiger partial charge < -0.3 is 10.2 Å². The van der Waals surface area contributed by atoms with E-state index < -0.39 is 0 Å². The van der Waals surface area contributed by atoms with Crippen molar-refractivity contribution in [2.45, 2.75) is 39.0 Å². The van der Waals surface area contributed by atoms with E-state index in [-0.39, 0.29) is 18.4 Å². The molecule has 5 heteroatoms. The summed E-state index contributed by atoms with van der Waals surface area (Å²) in [6.07, 6.45) is 0.817. The van der Waals surface area contributed by atoms with Gasteiger partial charge in [0.05, 0.1) is 12.3 Å². The average Bonchev–Trinajstić information content (AvgIpc) is 2.64. The fourth-order valence-corrected chi connectivity index (χ4v) is 3.58. The number of nitrogens with one attached hydrogen (secondary N) is 1. The van der Waals surface area contributed by atoms with Crippen LogP contribution in [0.5, 0.6) is 0 Å². The molecule has 0 aliphatic heterocycles. The molecular formula is C22H28N2O2S. The highest BCUT2D eigenvalue weighted by Crippen LogP contribution is 2.21. The minimum atomic E-state index is -0.165. The second kappa shape index (κ2) is 10.2. The number of anilines is 1. The van der Waals surface area contributed by atoms with Crippen molar-refractivity contribution in [2.24, 2.45) is 0 Å². The van der Waals surface area contributed by atoms with E-state index in [9.17, 15) is 9.59 Å². The van der Waals surface area contributed by atoms with Crippen LogP contribution in [0.3, 0.4) is 0 Å². The van der Waals surface area contributed by atoms with Gasteiger partial charge in [0.2, 0.25) is 11.8 Å². The lowest BCUT2D eigenvalue weighted by molar-refractivity contribution is -0.132. The number of hydrogen-bond acceptors (Lipinski definition) is 3. The van der Waals surface area contributed by atoms with Crippen molar-refractivity contribution in [3.05, 3.63) is 59.2 Å². The van der Waals surface area contributed by atoms with Gasteiger partial charge in [-0.15, -0.1) is 11.8 Å². The molecule has 0 aliphatic carbocycles. The SMILES string of the molecule is CCCN(CC(=O)Nc1ccccc1C)C(=O)CSc1ccc(C)c(C)c1. The van der Waals surface area contributed by atoms with Crippen LogP contribution in [0, 0.1) is 20.8 Å². The number of carbonyl (C=O) groups is 2. The number of nitrogens with zero attached hydrogens (tertiary/aromatic N) is 1. The molecule has 0 atom stereocenters. The highest BCUT2D eigenvalue weighted by molar-refractivity contribution is 8.00. The molecule has 0 aliphatic rings. The Bertz CT molecular complexity index is 805. The first kappa shape index (κ1) is 21.0. The molecule has 2 aromatic carbocycles. The standard InChI is InChI=1S/C22H28N2O2S/c1-5-12-24(14-21(25)23-20-9-7-6-8-17(20)3)22(26)15-27-19-11-10-16(2)18(4)13-19/h6-11,13H,5,12,14-15H2,1-4H3,(H,23,25). The topological polar surface area (TPSA) is 49.4 Å². The first-order chi connectivity index (χ1) is 12.9. The lowest BCUT2D eigenvalue weighted by Crippen LogP contribution is -2.39. The molecule has 27 heavy (non-hydrogen) atoms. The number of carbonyl (C=O) groups excluding carboxylic acids is 2. The first-order valence-electron chi connectivity index (χ1n) is 9.24. The van der Waals surface area contributed by atoms with Crippen LogP contribution in [0.4, 0.5) is 5.69 Å². The number of benzene rings is 2. The van der Waals surface area contributed by atoms with Crippen molar-refractivity contribution < 1.29 is 9.59 Å². The van der Waals surface area contributed by atoms with Crippen LogP contribution < -0.4 is 5.32 Å². The van der Waals surface area contributed by atoms with Crippen LogP contribution in [-0.2, 0) is 9.59 Å². The lowest BCUT2D eigenvalue weighted by Gasteiger charge is -2.22. The lowest BCUT2D eigenvalue weighted by atomic mass is 10.1. The quantitative estimate of drug-likeness (QED) is 0.678. The predicted octanol–water partition coefficient (Wildman–Crippen LogP) is 4.58. The highest BCUT2D eigenvalue weighted by atomic mass is 32.2. The zero-order valence-electron chi connectivity index (χ0n) is 16.5. The number of hydrogen-bond donors (Lipinski definition) is 1. The van der Waals surface area contributed by atoms with Gasteiger partial charge in [0.1, 0.15) is 0 Å². The molecule has 144 valence electrons. The molecule has 0 radical (unpaired) electrons. The molecule has 0 spiro atoms. The Morgan fingerprint density at radius 2 is 1.74 bits per heavy atom. The summed E-state index contributed by atoms with van der Waals surface area (Å²) in [6.45, 7) is 8.76. The number of aryl methyl sites for hydroxylation is 3. The van der Waals surface area contributed by atoms with Gasteiger partial charge in [0.25, 0.3) is 0 Å². The van der Waals surface area contributed by atoms with Crippen LogP contribution in [0.25, 0.3) is 0 Å². The van der Waals surface area contributed by atoms with E-state index in [2.05, 4.69) is 31.3 Å². The van der Waals surface area contributed by atoms with E-state index in [1.54, 1.807) is 4.90 Å². The van der Waals surface area contributed by atoms with Crippen molar-refractivity contribution in [1.82, 2.24) is 4.90 Å². The molecule has 0 aromatic heterocycles. The summed E-state index contributed by atoms with van der Waals surface area (Å²) in [4.78, 5) is 27.8. The molecule has 0 saturated carbocycles. The average molecular weight is 385 g/mol. The zero-order chi connectivity index (χ0) is 19.8. The summed E-state index contributed by atoms with van der Waals surface area (Å²) in [5.41, 5.74) is 4.25. The van der Waals surface area contributed by atoms with E-state index in [1.807, 2.05) is 44.2 Å². The summed E-state index contributed by atoms with van der Waals surface area (Å²) < 4.78 is 0. The van der Waals surface area contributed by atoms with E-state index >= 15 is 0 Å². The minimum Gasteiger partial charge on any atom is -0.333 e. The normalized spacial score (nSPS) is 10.5. The van der Waals surface area contributed by atoms with Crippen molar-refractivity contribution in [3.63, 3.8) is 0 Å². The molecule has 2 aromatic rings. The van der Waals surface area contributed by atoms with E-state index in [1.165, 1.54) is 22.9 Å². The molecule has 2 amide bonds. The Hall–Kier alpha value is -2.27. The molecule has 1 N–H and O–H groups in total. The predicted molar refractivity (Wildman–Crippen MR) is 113 cm³/mol. The third-order valence-corrected chi connectivity index (χ3v) is 5.42. The van der Waals surface area contributed by atoms with E-state index in [0.29, 0.717) is 12.3 Å². The second-order valence-electron chi connectivity index (χ2n) is 6.71. The third kappa shape index (κ3) is 6.43. The summed E-state index contributed by atoms with van der Waals surface area (Å²) in [7, 11) is 0. The Labute approximate surface area is 166 Å². The van der Waals surface area contributed by atoms with Crippen LogP contribution >= 0.6 is 11.8 Å². The Kier molecular flexibility index (Phi) is 7.92. The maximum absolute atomic E-state index is 12.6. The number of para-hydroxylation sites is 1. The van der Waals surface area contributed by atoms with Gasteiger partial charge in [-0.05, 0) is 62.1 Å². The van der Waals surface area contributed by atoms with E-state index in [0.717, 1.165) is 22.6 Å². The molecule has 4 nitrogen and oxygen atoms in total. The minimum absolute atomic E-state index is 0.0139. The van der Waals surface area contributed by atoms with Crippen LogP contribution in [0.2, 0.25) is 0 Å². The molecule has 0 unspecified atom stereocenters. The maximum atomic E-state index is 12.6. The van der Waals surface area contributed by atoms with Gasteiger partial charge >= 0.3 is 0 Å². The fraction of sp³-hybridized carbons (Fsp3) is 0.364. The fourth-order valence-electron chi connectivity index (χ4n) is 2.68. The van der Waals surface area contributed by atoms with Gasteiger partial charge in [-0.1, -0.05) is 31.2 Å². The Balaban J connectivity index is 1.94. The monoisotopic (exact) mass is 384 g/mol. The maximum Gasteiger partial charge on any atom is 0.244 e. The molecule has 0 bridgehead atoms. The summed E-state index contributed by atoms with van der Waals surface area (Å²) in [6, 6.07) is 13.8. The molecule has 2 rings (SSSR count). The summed E-state index contributed by atoms with van der Waals surface area (Å²) >= 11 is 1.52. The third-order valence-electron chi connectivity index (χ3n) is 4.44. The van der Waals surface area contributed by atoms with Crippen molar-refractivity contribution in [2.75, 3.05) is 24.2 Å². The first-order valence-corrected chi connectivity index (χ1v) is 10.2.